The van der Waals surface area contributed by atoms with Gasteiger partial charge in [-0.3, -0.25) is 10.1 Å². The fourth-order valence-corrected chi connectivity index (χ4v) is 5.17. The molecule has 0 aliphatic carbocycles. The van der Waals surface area contributed by atoms with Crippen molar-refractivity contribution in [3.63, 3.8) is 0 Å². The highest BCUT2D eigenvalue weighted by Gasteiger charge is 2.45. The SMILES string of the molecule is CNC(=O)Nc1nc2c(s1)C1CN(C(C)=O)CC(C2)N1c1nc2cc(F)ccc2o1. The smallest absolute Gasteiger partial charge is 0.320 e. The predicted molar refractivity (Wildman–Crippen MR) is 109 cm³/mol. The van der Waals surface area contributed by atoms with Crippen LogP contribution in [0.25, 0.3) is 11.1 Å². The number of piperazine rings is 1. The number of oxazole rings is 1. The number of nitrogens with zero attached hydrogens (tertiary/aromatic N) is 4. The number of hydrogen-bond donors (Lipinski definition) is 2. The van der Waals surface area contributed by atoms with Gasteiger partial charge in [-0.05, 0) is 12.1 Å². The van der Waals surface area contributed by atoms with Crippen LogP contribution in [0.4, 0.5) is 20.3 Å². The molecule has 0 radical (unpaired) electrons. The number of halogens is 1. The van der Waals surface area contributed by atoms with E-state index in [-0.39, 0.29) is 29.8 Å². The first-order valence-electron chi connectivity index (χ1n) is 9.51. The lowest BCUT2D eigenvalue weighted by atomic mass is 9.93. The van der Waals surface area contributed by atoms with Gasteiger partial charge in [-0.15, -0.1) is 0 Å². The Kier molecular flexibility index (Phi) is 4.35. The number of thiazole rings is 1. The molecular weight excluding hydrogens is 411 g/mol. The number of amides is 3. The van der Waals surface area contributed by atoms with Crippen LogP contribution in [0, 0.1) is 5.82 Å². The molecule has 11 heteroatoms. The van der Waals surface area contributed by atoms with Crippen molar-refractivity contribution in [1.82, 2.24) is 20.2 Å². The maximum Gasteiger partial charge on any atom is 0.320 e. The average molecular weight is 430 g/mol. The lowest BCUT2D eigenvalue weighted by Crippen LogP contribution is -2.59. The van der Waals surface area contributed by atoms with Crippen molar-refractivity contribution in [2.45, 2.75) is 25.4 Å². The number of carbonyl (C=O) groups is 2. The van der Waals surface area contributed by atoms with E-state index in [1.807, 2.05) is 4.90 Å². The van der Waals surface area contributed by atoms with Gasteiger partial charge in [0.1, 0.15) is 11.3 Å². The van der Waals surface area contributed by atoms with E-state index in [0.717, 1.165) is 10.6 Å². The number of anilines is 2. The Morgan fingerprint density at radius 3 is 2.90 bits per heavy atom. The van der Waals surface area contributed by atoms with Crippen LogP contribution in [0.1, 0.15) is 23.5 Å². The van der Waals surface area contributed by atoms with Crippen LogP contribution in [0.2, 0.25) is 0 Å². The Bertz CT molecular complexity index is 1160. The van der Waals surface area contributed by atoms with Crippen LogP contribution >= 0.6 is 11.3 Å². The predicted octanol–water partition coefficient (Wildman–Crippen LogP) is 2.51. The first-order valence-corrected chi connectivity index (χ1v) is 10.3. The fourth-order valence-electron chi connectivity index (χ4n) is 4.09. The molecule has 3 aromatic rings. The summed E-state index contributed by atoms with van der Waals surface area (Å²) < 4.78 is 19.6. The summed E-state index contributed by atoms with van der Waals surface area (Å²) in [5.41, 5.74) is 1.86. The molecular formula is C19H19FN6O3S. The van der Waals surface area contributed by atoms with Crippen LogP contribution in [0.3, 0.4) is 0 Å². The average Bonchev–Trinajstić information content (AvgIpc) is 3.29. The molecule has 2 aromatic heterocycles. The van der Waals surface area contributed by atoms with Gasteiger partial charge in [-0.1, -0.05) is 11.3 Å². The van der Waals surface area contributed by atoms with Crippen LogP contribution in [-0.2, 0) is 11.2 Å². The van der Waals surface area contributed by atoms with Crippen molar-refractivity contribution in [3.05, 3.63) is 34.6 Å². The van der Waals surface area contributed by atoms with E-state index < -0.39 is 0 Å². The van der Waals surface area contributed by atoms with E-state index in [1.54, 1.807) is 20.0 Å². The van der Waals surface area contributed by atoms with Gasteiger partial charge in [0, 0.05) is 39.5 Å². The van der Waals surface area contributed by atoms with Gasteiger partial charge in [-0.2, -0.15) is 4.98 Å². The normalized spacial score (nSPS) is 20.2. The highest BCUT2D eigenvalue weighted by Crippen LogP contribution is 2.44. The van der Waals surface area contributed by atoms with Crippen molar-refractivity contribution in [2.75, 3.05) is 30.4 Å². The molecule has 2 aliphatic rings. The number of urea groups is 1. The highest BCUT2D eigenvalue weighted by atomic mass is 32.1. The lowest BCUT2D eigenvalue weighted by molar-refractivity contribution is -0.130. The van der Waals surface area contributed by atoms with Crippen LogP contribution in [-0.4, -0.2) is 53.0 Å². The zero-order valence-corrected chi connectivity index (χ0v) is 17.1. The Hall–Kier alpha value is -3.21. The molecule has 2 unspecified atom stereocenters. The van der Waals surface area contributed by atoms with E-state index in [4.69, 9.17) is 4.42 Å². The van der Waals surface area contributed by atoms with E-state index in [9.17, 15) is 14.0 Å². The molecule has 2 aliphatic heterocycles. The van der Waals surface area contributed by atoms with Gasteiger partial charge in [0.25, 0.3) is 6.01 Å². The summed E-state index contributed by atoms with van der Waals surface area (Å²) in [4.78, 5) is 37.7. The number of hydrogen-bond acceptors (Lipinski definition) is 7. The Labute approximate surface area is 174 Å². The summed E-state index contributed by atoms with van der Waals surface area (Å²) in [5.74, 6) is -0.375. The molecule has 5 rings (SSSR count). The first-order chi connectivity index (χ1) is 14.4. The summed E-state index contributed by atoms with van der Waals surface area (Å²) in [6.07, 6.45) is 0.578. The molecule has 1 aromatic carbocycles. The molecule has 3 amide bonds. The van der Waals surface area contributed by atoms with Crippen LogP contribution in [0.15, 0.2) is 22.6 Å². The molecule has 1 fully saturated rings. The van der Waals surface area contributed by atoms with Crippen molar-refractivity contribution < 1.29 is 18.4 Å². The summed E-state index contributed by atoms with van der Waals surface area (Å²) in [6, 6.07) is 3.99. The number of benzene rings is 1. The number of fused-ring (bicyclic) bond motifs is 5. The van der Waals surface area contributed by atoms with Gasteiger partial charge in [0.05, 0.1) is 22.7 Å². The molecule has 4 heterocycles. The van der Waals surface area contributed by atoms with E-state index in [0.29, 0.717) is 41.8 Å². The maximum atomic E-state index is 13.6. The van der Waals surface area contributed by atoms with Gasteiger partial charge in [0.2, 0.25) is 5.91 Å². The van der Waals surface area contributed by atoms with Gasteiger partial charge < -0.3 is 19.5 Å². The second kappa shape index (κ2) is 6.94. The largest absolute Gasteiger partial charge is 0.423 e. The van der Waals surface area contributed by atoms with Crippen LogP contribution < -0.4 is 15.5 Å². The number of nitrogens with one attached hydrogen (secondary N) is 2. The van der Waals surface area contributed by atoms with Gasteiger partial charge >= 0.3 is 6.03 Å². The first kappa shape index (κ1) is 18.8. The Balaban J connectivity index is 1.56. The molecule has 0 spiro atoms. The van der Waals surface area contributed by atoms with Gasteiger partial charge in [-0.25, -0.2) is 14.2 Å². The molecule has 2 N–H and O–H groups in total. The molecule has 0 saturated carbocycles. The second-order valence-corrected chi connectivity index (χ2v) is 8.38. The Morgan fingerprint density at radius 1 is 1.30 bits per heavy atom. The second-order valence-electron chi connectivity index (χ2n) is 7.35. The highest BCUT2D eigenvalue weighted by molar-refractivity contribution is 7.16. The van der Waals surface area contributed by atoms with Crippen LogP contribution in [0.5, 0.6) is 0 Å². The third-order valence-electron chi connectivity index (χ3n) is 5.46. The topological polar surface area (TPSA) is 104 Å². The quantitative estimate of drug-likeness (QED) is 0.648. The molecule has 2 atom stereocenters. The lowest BCUT2D eigenvalue weighted by Gasteiger charge is -2.48. The minimum Gasteiger partial charge on any atom is -0.423 e. The van der Waals surface area contributed by atoms with Crippen molar-refractivity contribution >= 4 is 45.5 Å². The van der Waals surface area contributed by atoms with Crippen molar-refractivity contribution in [3.8, 4) is 0 Å². The van der Waals surface area contributed by atoms with E-state index >= 15 is 0 Å². The monoisotopic (exact) mass is 430 g/mol. The summed E-state index contributed by atoms with van der Waals surface area (Å²) in [5, 5.41) is 5.74. The molecule has 1 saturated heterocycles. The maximum absolute atomic E-state index is 13.6. The molecule has 30 heavy (non-hydrogen) atoms. The molecule has 9 nitrogen and oxygen atoms in total. The standard InChI is InChI=1S/C19H19FN6O3S/c1-9(27)25-7-11-6-13-16(30-18(22-13)24-17(28)21-2)14(8-25)26(11)19-23-12-5-10(20)3-4-15(12)29-19/h3-5,11,14H,6-8H2,1-2H3,(H2,21,22,24,28). The summed E-state index contributed by atoms with van der Waals surface area (Å²) in [6.45, 7) is 2.52. The van der Waals surface area contributed by atoms with Gasteiger partial charge in [0.15, 0.2) is 10.7 Å². The summed E-state index contributed by atoms with van der Waals surface area (Å²) in [7, 11) is 1.54. The Morgan fingerprint density at radius 2 is 2.13 bits per heavy atom. The third kappa shape index (κ3) is 3.05. The fraction of sp³-hybridized carbons (Fsp3) is 0.368. The zero-order chi connectivity index (χ0) is 21.0. The summed E-state index contributed by atoms with van der Waals surface area (Å²) >= 11 is 1.38. The van der Waals surface area contributed by atoms with E-state index in [2.05, 4.69) is 25.5 Å². The third-order valence-corrected chi connectivity index (χ3v) is 6.58. The van der Waals surface area contributed by atoms with E-state index in [1.165, 1.54) is 23.5 Å². The minimum atomic E-state index is -0.376. The number of rotatable bonds is 2. The number of carbonyl (C=O) groups excluding carboxylic acids is 2. The zero-order valence-electron chi connectivity index (χ0n) is 16.3. The van der Waals surface area contributed by atoms with Crippen molar-refractivity contribution in [1.29, 1.82) is 0 Å². The molecule has 156 valence electrons. The molecule has 2 bridgehead atoms. The van der Waals surface area contributed by atoms with Crippen molar-refractivity contribution in [2.24, 2.45) is 0 Å². The number of aromatic nitrogens is 2. The minimum absolute atomic E-state index is 0.000890.